The predicted octanol–water partition coefficient (Wildman–Crippen LogP) is 0.791. The van der Waals surface area contributed by atoms with Crippen LogP contribution in [0.4, 0.5) is 0 Å². The van der Waals surface area contributed by atoms with Crippen molar-refractivity contribution in [2.75, 3.05) is 14.2 Å². The van der Waals surface area contributed by atoms with Crippen LogP contribution >= 0.6 is 0 Å². The van der Waals surface area contributed by atoms with Gasteiger partial charge in [0.2, 0.25) is 0 Å². The van der Waals surface area contributed by atoms with Crippen molar-refractivity contribution >= 4 is 0 Å². The van der Waals surface area contributed by atoms with E-state index in [9.17, 15) is 0 Å². The van der Waals surface area contributed by atoms with Gasteiger partial charge in [-0.25, -0.2) is 0 Å². The highest BCUT2D eigenvalue weighted by molar-refractivity contribution is 5.32. The van der Waals surface area contributed by atoms with Crippen molar-refractivity contribution in [1.29, 1.82) is 0 Å². The maximum Gasteiger partial charge on any atom is 0.163 e. The van der Waals surface area contributed by atoms with Gasteiger partial charge in [0.15, 0.2) is 5.75 Å². The fourth-order valence-corrected chi connectivity index (χ4v) is 2.37. The molecule has 3 unspecified atom stereocenters. The van der Waals surface area contributed by atoms with E-state index in [0.29, 0.717) is 6.04 Å². The molecule has 0 bridgehead atoms. The minimum Gasteiger partial charge on any atom is -0.484 e. The number of nitrogens with zero attached hydrogens (tertiary/aromatic N) is 2. The van der Waals surface area contributed by atoms with Crippen LogP contribution in [0.2, 0.25) is 0 Å². The van der Waals surface area contributed by atoms with Crippen molar-refractivity contribution in [3.63, 3.8) is 0 Å². The highest BCUT2D eigenvalue weighted by Gasteiger charge is 2.43. The minimum absolute atomic E-state index is 0.124. The Balaban J connectivity index is 2.07. The number of ether oxygens (including phenoxy) is 2. The van der Waals surface area contributed by atoms with Crippen LogP contribution in [-0.4, -0.2) is 42.2 Å². The summed E-state index contributed by atoms with van der Waals surface area (Å²) in [6, 6.07) is 0.391. The molecule has 1 aromatic heterocycles. The van der Waals surface area contributed by atoms with E-state index >= 15 is 0 Å². The van der Waals surface area contributed by atoms with Crippen LogP contribution < -0.4 is 10.1 Å². The molecule has 1 aromatic rings. The number of nitrogens with one attached hydrogen (secondary N) is 1. The molecule has 1 aliphatic carbocycles. The first-order valence-corrected chi connectivity index (χ1v) is 5.95. The fourth-order valence-electron chi connectivity index (χ4n) is 2.37. The number of methoxy groups -OCH3 is 1. The highest BCUT2D eigenvalue weighted by atomic mass is 16.5. The Morgan fingerprint density at radius 1 is 1.41 bits per heavy atom. The van der Waals surface area contributed by atoms with Gasteiger partial charge in [-0.1, -0.05) is 0 Å². The molecule has 0 aromatic carbocycles. The molecule has 1 aliphatic rings. The molecule has 0 spiro atoms. The number of hydrogen-bond acceptors (Lipinski definition) is 4. The molecule has 2 rings (SSSR count). The minimum atomic E-state index is 0.124. The van der Waals surface area contributed by atoms with E-state index in [4.69, 9.17) is 9.47 Å². The third-order valence-electron chi connectivity index (χ3n) is 3.60. The monoisotopic (exact) mass is 239 g/mol. The lowest BCUT2D eigenvalue weighted by Gasteiger charge is -2.42. The molecule has 5 heteroatoms. The van der Waals surface area contributed by atoms with Gasteiger partial charge in [0.1, 0.15) is 17.9 Å². The van der Waals surface area contributed by atoms with Crippen LogP contribution in [0.1, 0.15) is 17.8 Å². The summed E-state index contributed by atoms with van der Waals surface area (Å²) in [5.74, 6) is 0.897. The van der Waals surface area contributed by atoms with E-state index in [0.717, 1.165) is 23.6 Å². The first kappa shape index (κ1) is 12.4. The van der Waals surface area contributed by atoms with Crippen molar-refractivity contribution < 1.29 is 9.47 Å². The highest BCUT2D eigenvalue weighted by Crippen LogP contribution is 2.31. The van der Waals surface area contributed by atoms with Crippen molar-refractivity contribution in [2.45, 2.75) is 38.5 Å². The lowest BCUT2D eigenvalue weighted by Crippen LogP contribution is -2.60. The number of aryl methyl sites for hydroxylation is 2. The molecule has 0 saturated heterocycles. The Kier molecular flexibility index (Phi) is 3.40. The molecule has 96 valence electrons. The lowest BCUT2D eigenvalue weighted by molar-refractivity contribution is -0.0873. The van der Waals surface area contributed by atoms with Crippen LogP contribution in [0.5, 0.6) is 5.75 Å². The van der Waals surface area contributed by atoms with Crippen LogP contribution in [0.15, 0.2) is 0 Å². The van der Waals surface area contributed by atoms with Gasteiger partial charge in [0.05, 0.1) is 5.69 Å². The van der Waals surface area contributed by atoms with Gasteiger partial charge in [-0.05, 0) is 20.9 Å². The Hall–Kier alpha value is -1.07. The number of rotatable bonds is 4. The molecule has 1 saturated carbocycles. The summed E-state index contributed by atoms with van der Waals surface area (Å²) in [6.45, 7) is 3.99. The molecule has 3 atom stereocenters. The van der Waals surface area contributed by atoms with Gasteiger partial charge >= 0.3 is 0 Å². The van der Waals surface area contributed by atoms with Crippen LogP contribution in [0.25, 0.3) is 0 Å². The van der Waals surface area contributed by atoms with Gasteiger partial charge in [0, 0.05) is 26.6 Å². The van der Waals surface area contributed by atoms with Gasteiger partial charge < -0.3 is 14.8 Å². The Morgan fingerprint density at radius 3 is 2.59 bits per heavy atom. The van der Waals surface area contributed by atoms with Gasteiger partial charge in [-0.3, -0.25) is 4.68 Å². The smallest absolute Gasteiger partial charge is 0.163 e. The summed E-state index contributed by atoms with van der Waals surface area (Å²) < 4.78 is 13.3. The van der Waals surface area contributed by atoms with Crippen molar-refractivity contribution in [3.05, 3.63) is 11.4 Å². The zero-order valence-electron chi connectivity index (χ0n) is 11.2. The van der Waals surface area contributed by atoms with Gasteiger partial charge in [-0.2, -0.15) is 5.10 Å². The van der Waals surface area contributed by atoms with Gasteiger partial charge in [0.25, 0.3) is 0 Å². The fraction of sp³-hybridized carbons (Fsp3) is 0.750. The van der Waals surface area contributed by atoms with Crippen LogP contribution in [0, 0.1) is 13.8 Å². The average Bonchev–Trinajstić information content (AvgIpc) is 2.49. The number of aromatic nitrogens is 2. The maximum absolute atomic E-state index is 6.02. The normalized spacial score (nSPS) is 27.9. The van der Waals surface area contributed by atoms with E-state index < -0.39 is 0 Å². The van der Waals surface area contributed by atoms with E-state index in [-0.39, 0.29) is 12.2 Å². The molecular weight excluding hydrogens is 218 g/mol. The first-order chi connectivity index (χ1) is 8.08. The molecule has 0 aliphatic heterocycles. The molecule has 1 heterocycles. The second-order valence-electron chi connectivity index (χ2n) is 4.61. The van der Waals surface area contributed by atoms with Crippen molar-refractivity contribution in [3.8, 4) is 5.75 Å². The molecule has 0 radical (unpaired) electrons. The van der Waals surface area contributed by atoms with E-state index in [1.807, 2.05) is 32.6 Å². The topological polar surface area (TPSA) is 48.3 Å². The van der Waals surface area contributed by atoms with Crippen LogP contribution in [-0.2, 0) is 11.8 Å². The molecular formula is C12H21N3O2. The zero-order chi connectivity index (χ0) is 12.6. The SMILES string of the molecule is CNC1CC(Oc2c(C)nn(C)c2C)C1OC. The summed E-state index contributed by atoms with van der Waals surface area (Å²) in [5.41, 5.74) is 2.00. The van der Waals surface area contributed by atoms with Gasteiger partial charge in [-0.15, -0.1) is 0 Å². The molecule has 0 amide bonds. The number of likely N-dealkylation sites (N-methyl/N-ethyl adjacent to an activating group) is 1. The molecule has 17 heavy (non-hydrogen) atoms. The summed E-state index contributed by atoms with van der Waals surface area (Å²) in [5, 5.41) is 7.57. The Labute approximate surface area is 102 Å². The Bertz CT molecular complexity index is 403. The van der Waals surface area contributed by atoms with E-state index in [1.54, 1.807) is 7.11 Å². The second-order valence-corrected chi connectivity index (χ2v) is 4.61. The summed E-state index contributed by atoms with van der Waals surface area (Å²) in [4.78, 5) is 0. The largest absolute Gasteiger partial charge is 0.484 e. The molecule has 1 fully saturated rings. The van der Waals surface area contributed by atoms with E-state index in [2.05, 4.69) is 10.4 Å². The Morgan fingerprint density at radius 2 is 2.12 bits per heavy atom. The lowest BCUT2D eigenvalue weighted by atomic mass is 9.85. The number of hydrogen-bond donors (Lipinski definition) is 1. The first-order valence-electron chi connectivity index (χ1n) is 5.95. The van der Waals surface area contributed by atoms with Crippen LogP contribution in [0.3, 0.4) is 0 Å². The summed E-state index contributed by atoms with van der Waals surface area (Å²) >= 11 is 0. The quantitative estimate of drug-likeness (QED) is 0.844. The maximum atomic E-state index is 6.02. The van der Waals surface area contributed by atoms with Crippen molar-refractivity contribution in [2.24, 2.45) is 7.05 Å². The second kappa shape index (κ2) is 4.66. The third-order valence-corrected chi connectivity index (χ3v) is 3.60. The predicted molar refractivity (Wildman–Crippen MR) is 65.4 cm³/mol. The van der Waals surface area contributed by atoms with Crippen molar-refractivity contribution in [1.82, 2.24) is 15.1 Å². The summed E-state index contributed by atoms with van der Waals surface area (Å²) in [6.07, 6.45) is 1.22. The standard InChI is InChI=1S/C12H21N3O2/c1-7-11(8(2)15(4)14-7)17-10-6-9(13-3)12(10)16-5/h9-10,12-13H,6H2,1-5H3. The average molecular weight is 239 g/mol. The van der Waals surface area contributed by atoms with E-state index in [1.165, 1.54) is 0 Å². The molecule has 5 nitrogen and oxygen atoms in total. The molecule has 1 N–H and O–H groups in total. The third kappa shape index (κ3) is 2.05. The zero-order valence-corrected chi connectivity index (χ0v) is 11.2. The summed E-state index contributed by atoms with van der Waals surface area (Å²) in [7, 11) is 5.61.